The average molecular weight is 309 g/mol. The summed E-state index contributed by atoms with van der Waals surface area (Å²) in [4.78, 5) is 26.2. The van der Waals surface area contributed by atoms with Crippen LogP contribution in [0.5, 0.6) is 0 Å². The first kappa shape index (κ1) is 15.2. The highest BCUT2D eigenvalue weighted by atomic mass is 32.2. The maximum Gasteiger partial charge on any atom is 0.347 e. The van der Waals surface area contributed by atoms with E-state index < -0.39 is 27.2 Å². The number of imide groups is 1. The molecule has 0 radical (unpaired) electrons. The van der Waals surface area contributed by atoms with Crippen LogP contribution in [0.2, 0.25) is 0 Å². The first-order valence-electron chi connectivity index (χ1n) is 6.34. The van der Waals surface area contributed by atoms with Gasteiger partial charge in [-0.15, -0.1) is 0 Å². The Morgan fingerprint density at radius 2 is 1.86 bits per heavy atom. The number of aryl methyl sites for hydroxylation is 1. The Hall–Kier alpha value is -2.22. The summed E-state index contributed by atoms with van der Waals surface area (Å²) in [5, 5.41) is 0.372. The van der Waals surface area contributed by atoms with Gasteiger partial charge in [-0.2, -0.15) is 0 Å². The van der Waals surface area contributed by atoms with Gasteiger partial charge in [0, 0.05) is 5.69 Å². The van der Waals surface area contributed by atoms with Crippen molar-refractivity contribution >= 4 is 33.4 Å². The lowest BCUT2D eigenvalue weighted by atomic mass is 10.2. The molecule has 3 amide bonds. The Morgan fingerprint density at radius 3 is 2.38 bits per heavy atom. The van der Waals surface area contributed by atoms with Crippen LogP contribution < -0.4 is 10.0 Å². The molecule has 1 unspecified atom stereocenters. The lowest BCUT2D eigenvalue weighted by molar-refractivity contribution is -0.118. The molecule has 1 heterocycles. The van der Waals surface area contributed by atoms with Gasteiger partial charge in [0.2, 0.25) is 10.0 Å². The predicted molar refractivity (Wildman–Crippen MR) is 78.8 cm³/mol. The molecule has 7 nitrogen and oxygen atoms in total. The van der Waals surface area contributed by atoms with Gasteiger partial charge >= 0.3 is 6.03 Å². The molecule has 2 rings (SSSR count). The van der Waals surface area contributed by atoms with Crippen molar-refractivity contribution in [2.24, 2.45) is 4.99 Å². The van der Waals surface area contributed by atoms with Gasteiger partial charge in [0.15, 0.2) is 5.25 Å². The van der Waals surface area contributed by atoms with E-state index >= 15 is 0 Å². The summed E-state index contributed by atoms with van der Waals surface area (Å²) >= 11 is 0. The molecule has 1 aliphatic heterocycles. The number of amides is 3. The molecule has 8 heteroatoms. The van der Waals surface area contributed by atoms with Crippen molar-refractivity contribution in [1.82, 2.24) is 5.32 Å². The average Bonchev–Trinajstić information content (AvgIpc) is 2.37. The third-order valence-corrected chi connectivity index (χ3v) is 4.75. The molecule has 0 saturated heterocycles. The van der Waals surface area contributed by atoms with E-state index in [9.17, 15) is 18.0 Å². The summed E-state index contributed by atoms with van der Waals surface area (Å²) in [5.74, 6) is -0.898. The van der Waals surface area contributed by atoms with Gasteiger partial charge in [-0.25, -0.2) is 18.2 Å². The number of hydrogen-bond donors (Lipinski definition) is 2. The number of carbonyl (C=O) groups excluding carboxylic acids is 2. The molecular formula is C13H15N3O4S. The lowest BCUT2D eigenvalue weighted by Crippen LogP contribution is -2.51. The van der Waals surface area contributed by atoms with Crippen LogP contribution in [-0.4, -0.2) is 31.3 Å². The van der Waals surface area contributed by atoms with E-state index in [2.05, 4.69) is 9.71 Å². The summed E-state index contributed by atoms with van der Waals surface area (Å²) < 4.78 is 26.9. The van der Waals surface area contributed by atoms with E-state index in [1.165, 1.54) is 6.92 Å². The summed E-state index contributed by atoms with van der Waals surface area (Å²) in [6.07, 6.45) is 0.839. The molecule has 0 bridgehead atoms. The van der Waals surface area contributed by atoms with E-state index in [4.69, 9.17) is 0 Å². The van der Waals surface area contributed by atoms with Gasteiger partial charge in [-0.3, -0.25) is 14.8 Å². The number of hydrogen-bond acceptors (Lipinski definition) is 4. The van der Waals surface area contributed by atoms with E-state index in [1.54, 1.807) is 24.3 Å². The van der Waals surface area contributed by atoms with Gasteiger partial charge in [-0.05, 0) is 31.0 Å². The molecule has 1 aliphatic rings. The quantitative estimate of drug-likeness (QED) is 0.868. The molecular weight excluding hydrogens is 294 g/mol. The van der Waals surface area contributed by atoms with E-state index in [-0.39, 0.29) is 5.71 Å². The third kappa shape index (κ3) is 3.27. The number of rotatable bonds is 4. The Kier molecular flexibility index (Phi) is 4.08. The lowest BCUT2D eigenvalue weighted by Gasteiger charge is -2.20. The maximum absolute atomic E-state index is 12.3. The zero-order chi connectivity index (χ0) is 15.6. The fraction of sp³-hybridized carbons (Fsp3) is 0.308. The molecule has 0 saturated carbocycles. The Labute approximate surface area is 122 Å². The molecule has 1 aromatic carbocycles. The monoisotopic (exact) mass is 309 g/mol. The normalized spacial score (nSPS) is 19.0. The van der Waals surface area contributed by atoms with Crippen LogP contribution in [0.3, 0.4) is 0 Å². The van der Waals surface area contributed by atoms with Crippen LogP contribution in [0, 0.1) is 0 Å². The number of nitrogens with zero attached hydrogens (tertiary/aromatic N) is 1. The minimum atomic E-state index is -4.02. The largest absolute Gasteiger partial charge is 0.347 e. The van der Waals surface area contributed by atoms with Crippen molar-refractivity contribution in [3.05, 3.63) is 29.8 Å². The SMILES string of the molecule is CCc1ccc(NS(=O)(=O)C2C(=O)NC(=O)N=C2C)cc1. The molecule has 0 aromatic heterocycles. The molecule has 1 atom stereocenters. The first-order valence-corrected chi connectivity index (χ1v) is 7.88. The second kappa shape index (κ2) is 5.65. The summed E-state index contributed by atoms with van der Waals surface area (Å²) in [5.41, 5.74) is 1.36. The molecule has 112 valence electrons. The molecule has 1 aromatic rings. The van der Waals surface area contributed by atoms with Gasteiger partial charge in [0.05, 0.1) is 5.71 Å². The minimum absolute atomic E-state index is 0.0542. The number of urea groups is 1. The topological polar surface area (TPSA) is 105 Å². The number of nitrogens with one attached hydrogen (secondary N) is 2. The van der Waals surface area contributed by atoms with Crippen LogP contribution in [0.1, 0.15) is 19.4 Å². The second-order valence-corrected chi connectivity index (χ2v) is 6.39. The molecule has 0 aliphatic carbocycles. The van der Waals surface area contributed by atoms with Gasteiger partial charge < -0.3 is 0 Å². The van der Waals surface area contributed by atoms with Crippen LogP contribution in [0.15, 0.2) is 29.3 Å². The Balaban J connectivity index is 2.27. The van der Waals surface area contributed by atoms with Crippen LogP contribution in [0.4, 0.5) is 10.5 Å². The van der Waals surface area contributed by atoms with E-state index in [0.29, 0.717) is 5.69 Å². The van der Waals surface area contributed by atoms with Crippen molar-refractivity contribution < 1.29 is 18.0 Å². The highest BCUT2D eigenvalue weighted by Gasteiger charge is 2.39. The number of carbonyl (C=O) groups is 2. The van der Waals surface area contributed by atoms with Gasteiger partial charge in [0.25, 0.3) is 5.91 Å². The van der Waals surface area contributed by atoms with Crippen molar-refractivity contribution in [2.75, 3.05) is 4.72 Å². The van der Waals surface area contributed by atoms with Crippen molar-refractivity contribution in [1.29, 1.82) is 0 Å². The Morgan fingerprint density at radius 1 is 1.24 bits per heavy atom. The zero-order valence-electron chi connectivity index (χ0n) is 11.6. The molecule has 2 N–H and O–H groups in total. The fourth-order valence-electron chi connectivity index (χ4n) is 2.00. The number of aliphatic imine (C=N–C) groups is 1. The van der Waals surface area contributed by atoms with Gasteiger partial charge in [-0.1, -0.05) is 19.1 Å². The molecule has 21 heavy (non-hydrogen) atoms. The standard InChI is InChI=1S/C13H15N3O4S/c1-3-9-4-6-10(7-5-9)16-21(19,20)11-8(2)14-13(18)15-12(11)17/h4-7,11,16H,3H2,1-2H3,(H,15,17,18). The van der Waals surface area contributed by atoms with E-state index in [1.807, 2.05) is 12.2 Å². The van der Waals surface area contributed by atoms with Crippen LogP contribution in [-0.2, 0) is 21.2 Å². The smallest absolute Gasteiger partial charge is 0.283 e. The molecule has 0 spiro atoms. The maximum atomic E-state index is 12.3. The summed E-state index contributed by atoms with van der Waals surface area (Å²) in [6, 6.07) is 5.98. The fourth-order valence-corrected chi connectivity index (χ4v) is 3.43. The van der Waals surface area contributed by atoms with Crippen LogP contribution in [0.25, 0.3) is 0 Å². The van der Waals surface area contributed by atoms with Crippen molar-refractivity contribution in [2.45, 2.75) is 25.5 Å². The second-order valence-electron chi connectivity index (χ2n) is 4.63. The number of anilines is 1. The predicted octanol–water partition coefficient (Wildman–Crippen LogP) is 1.07. The molecule has 0 fully saturated rings. The Bertz CT molecular complexity index is 707. The highest BCUT2D eigenvalue weighted by molar-refractivity contribution is 7.94. The number of benzene rings is 1. The van der Waals surface area contributed by atoms with Crippen LogP contribution >= 0.6 is 0 Å². The van der Waals surface area contributed by atoms with E-state index in [0.717, 1.165) is 12.0 Å². The van der Waals surface area contributed by atoms with Crippen molar-refractivity contribution in [3.63, 3.8) is 0 Å². The van der Waals surface area contributed by atoms with Crippen molar-refractivity contribution in [3.8, 4) is 0 Å². The zero-order valence-corrected chi connectivity index (χ0v) is 12.4. The van der Waals surface area contributed by atoms with Gasteiger partial charge in [0.1, 0.15) is 0 Å². The highest BCUT2D eigenvalue weighted by Crippen LogP contribution is 2.16. The third-order valence-electron chi connectivity index (χ3n) is 3.06. The minimum Gasteiger partial charge on any atom is -0.283 e. The summed E-state index contributed by atoms with van der Waals surface area (Å²) in [6.45, 7) is 3.32. The number of sulfonamides is 1. The first-order chi connectivity index (χ1) is 9.83. The summed E-state index contributed by atoms with van der Waals surface area (Å²) in [7, 11) is -4.02.